The first-order chi connectivity index (χ1) is 8.65. The molecule has 0 atom stereocenters. The van der Waals surface area contributed by atoms with Crippen LogP contribution >= 0.6 is 0 Å². The van der Waals surface area contributed by atoms with Crippen LogP contribution in [0.3, 0.4) is 0 Å². The first kappa shape index (κ1) is 10.6. The summed E-state index contributed by atoms with van der Waals surface area (Å²) in [7, 11) is 1.85. The van der Waals surface area contributed by atoms with Crippen molar-refractivity contribution in [3.63, 3.8) is 0 Å². The Balaban J connectivity index is 2.21. The SMILES string of the molecule is Cn1c(N)nc2ncc(-c3cccc(O)c3)cc21. The molecule has 0 amide bonds. The van der Waals surface area contributed by atoms with E-state index in [1.807, 2.05) is 19.2 Å². The van der Waals surface area contributed by atoms with Gasteiger partial charge in [0.1, 0.15) is 5.75 Å². The second kappa shape index (κ2) is 3.73. The number of phenolic OH excluding ortho intramolecular Hbond substituents is 1. The number of benzene rings is 1. The summed E-state index contributed by atoms with van der Waals surface area (Å²) in [6, 6.07) is 9.01. The number of pyridine rings is 1. The molecular formula is C13H12N4O. The van der Waals surface area contributed by atoms with Gasteiger partial charge in [-0.1, -0.05) is 12.1 Å². The fourth-order valence-corrected chi connectivity index (χ4v) is 1.93. The van der Waals surface area contributed by atoms with Gasteiger partial charge in [-0.15, -0.1) is 0 Å². The van der Waals surface area contributed by atoms with Crippen molar-refractivity contribution >= 4 is 17.1 Å². The largest absolute Gasteiger partial charge is 0.508 e. The van der Waals surface area contributed by atoms with Crippen molar-refractivity contribution < 1.29 is 5.11 Å². The minimum Gasteiger partial charge on any atom is -0.508 e. The number of fused-ring (bicyclic) bond motifs is 1. The summed E-state index contributed by atoms with van der Waals surface area (Å²) >= 11 is 0. The molecule has 0 spiro atoms. The summed E-state index contributed by atoms with van der Waals surface area (Å²) in [4.78, 5) is 8.42. The van der Waals surface area contributed by atoms with E-state index >= 15 is 0 Å². The van der Waals surface area contributed by atoms with Gasteiger partial charge in [-0.2, -0.15) is 4.98 Å². The van der Waals surface area contributed by atoms with Gasteiger partial charge in [-0.05, 0) is 23.8 Å². The van der Waals surface area contributed by atoms with E-state index in [9.17, 15) is 5.11 Å². The Morgan fingerprint density at radius 3 is 2.83 bits per heavy atom. The Kier molecular flexibility index (Phi) is 2.19. The third kappa shape index (κ3) is 1.57. The highest BCUT2D eigenvalue weighted by molar-refractivity contribution is 5.80. The Bertz CT molecular complexity index is 733. The quantitative estimate of drug-likeness (QED) is 0.681. The smallest absolute Gasteiger partial charge is 0.202 e. The van der Waals surface area contributed by atoms with E-state index in [0.717, 1.165) is 16.6 Å². The molecule has 90 valence electrons. The standard InChI is InChI=1S/C13H12N4O/c1-17-11-6-9(7-15-12(11)16-13(17)14)8-3-2-4-10(18)5-8/h2-7,18H,1H3,(H2,14,15,16). The summed E-state index contributed by atoms with van der Waals surface area (Å²) in [6.07, 6.45) is 1.73. The number of imidazole rings is 1. The molecule has 0 fully saturated rings. The van der Waals surface area contributed by atoms with Crippen LogP contribution in [0.25, 0.3) is 22.3 Å². The highest BCUT2D eigenvalue weighted by Crippen LogP contribution is 2.25. The molecule has 3 aromatic rings. The lowest BCUT2D eigenvalue weighted by Gasteiger charge is -2.03. The van der Waals surface area contributed by atoms with Gasteiger partial charge in [0.25, 0.3) is 0 Å². The first-order valence-corrected chi connectivity index (χ1v) is 5.52. The maximum absolute atomic E-state index is 9.49. The van der Waals surface area contributed by atoms with E-state index < -0.39 is 0 Å². The number of rotatable bonds is 1. The summed E-state index contributed by atoms with van der Waals surface area (Å²) in [5.74, 6) is 0.669. The van der Waals surface area contributed by atoms with Crippen molar-refractivity contribution in [2.75, 3.05) is 5.73 Å². The third-order valence-corrected chi connectivity index (χ3v) is 2.95. The zero-order valence-corrected chi connectivity index (χ0v) is 9.83. The van der Waals surface area contributed by atoms with E-state index in [1.54, 1.807) is 29.0 Å². The number of nitrogen functional groups attached to an aromatic ring is 1. The van der Waals surface area contributed by atoms with Gasteiger partial charge in [0.05, 0.1) is 5.52 Å². The van der Waals surface area contributed by atoms with Crippen LogP contribution in [0.15, 0.2) is 36.5 Å². The number of aromatic hydroxyl groups is 1. The maximum atomic E-state index is 9.49. The molecule has 0 unspecified atom stereocenters. The van der Waals surface area contributed by atoms with Crippen LogP contribution in [0, 0.1) is 0 Å². The van der Waals surface area contributed by atoms with Gasteiger partial charge in [0.2, 0.25) is 5.95 Å². The minimum atomic E-state index is 0.233. The highest BCUT2D eigenvalue weighted by atomic mass is 16.3. The van der Waals surface area contributed by atoms with Gasteiger partial charge in [-0.3, -0.25) is 0 Å². The van der Waals surface area contributed by atoms with Crippen LogP contribution in [0.4, 0.5) is 5.95 Å². The lowest BCUT2D eigenvalue weighted by atomic mass is 10.1. The summed E-state index contributed by atoms with van der Waals surface area (Å²) in [5, 5.41) is 9.49. The highest BCUT2D eigenvalue weighted by Gasteiger charge is 2.08. The molecule has 0 aliphatic carbocycles. The molecule has 3 rings (SSSR count). The number of hydrogen-bond acceptors (Lipinski definition) is 4. The molecule has 5 nitrogen and oxygen atoms in total. The maximum Gasteiger partial charge on any atom is 0.202 e. The Hall–Kier alpha value is -2.56. The van der Waals surface area contributed by atoms with Crippen LogP contribution in [-0.4, -0.2) is 19.6 Å². The van der Waals surface area contributed by atoms with E-state index in [-0.39, 0.29) is 5.75 Å². The number of phenols is 1. The zero-order chi connectivity index (χ0) is 12.7. The first-order valence-electron chi connectivity index (χ1n) is 5.52. The summed E-state index contributed by atoms with van der Waals surface area (Å²) < 4.78 is 1.79. The minimum absolute atomic E-state index is 0.233. The van der Waals surface area contributed by atoms with Crippen molar-refractivity contribution in [1.29, 1.82) is 0 Å². The molecule has 0 saturated carbocycles. The predicted octanol–water partition coefficient (Wildman–Crippen LogP) is 1.92. The Morgan fingerprint density at radius 1 is 1.22 bits per heavy atom. The lowest BCUT2D eigenvalue weighted by Crippen LogP contribution is -1.96. The molecule has 0 saturated heterocycles. The number of anilines is 1. The number of aromatic nitrogens is 3. The summed E-state index contributed by atoms with van der Waals surface area (Å²) in [6.45, 7) is 0. The molecule has 0 radical (unpaired) electrons. The lowest BCUT2D eigenvalue weighted by molar-refractivity contribution is 0.475. The van der Waals surface area contributed by atoms with Crippen molar-refractivity contribution in [2.24, 2.45) is 7.05 Å². The van der Waals surface area contributed by atoms with Crippen LogP contribution in [0.1, 0.15) is 0 Å². The van der Waals surface area contributed by atoms with Crippen molar-refractivity contribution in [3.8, 4) is 16.9 Å². The van der Waals surface area contributed by atoms with E-state index in [4.69, 9.17) is 5.73 Å². The Morgan fingerprint density at radius 2 is 2.06 bits per heavy atom. The van der Waals surface area contributed by atoms with E-state index in [2.05, 4.69) is 9.97 Å². The molecule has 2 aromatic heterocycles. The van der Waals surface area contributed by atoms with Gasteiger partial charge >= 0.3 is 0 Å². The molecule has 0 aliphatic heterocycles. The van der Waals surface area contributed by atoms with Gasteiger partial charge in [0, 0.05) is 18.8 Å². The number of nitrogens with zero attached hydrogens (tertiary/aromatic N) is 3. The zero-order valence-electron chi connectivity index (χ0n) is 9.83. The molecule has 18 heavy (non-hydrogen) atoms. The second-order valence-electron chi connectivity index (χ2n) is 4.15. The average molecular weight is 240 g/mol. The Labute approximate surface area is 104 Å². The van der Waals surface area contributed by atoms with Gasteiger partial charge in [0.15, 0.2) is 5.65 Å². The number of aryl methyl sites for hydroxylation is 1. The van der Waals surface area contributed by atoms with Gasteiger partial charge < -0.3 is 15.4 Å². The fraction of sp³-hybridized carbons (Fsp3) is 0.0769. The van der Waals surface area contributed by atoms with E-state index in [1.165, 1.54) is 0 Å². The average Bonchev–Trinajstić information content (AvgIpc) is 2.65. The molecule has 3 N–H and O–H groups in total. The van der Waals surface area contributed by atoms with Crippen LogP contribution < -0.4 is 5.73 Å². The molecular weight excluding hydrogens is 228 g/mol. The predicted molar refractivity (Wildman–Crippen MR) is 70.0 cm³/mol. The van der Waals surface area contributed by atoms with E-state index in [0.29, 0.717) is 11.6 Å². The fourth-order valence-electron chi connectivity index (χ4n) is 1.93. The normalized spacial score (nSPS) is 10.9. The van der Waals surface area contributed by atoms with Crippen molar-refractivity contribution in [3.05, 3.63) is 36.5 Å². The molecule has 0 bridgehead atoms. The monoisotopic (exact) mass is 240 g/mol. The molecule has 2 heterocycles. The number of hydrogen-bond donors (Lipinski definition) is 2. The van der Waals surface area contributed by atoms with Crippen LogP contribution in [0.5, 0.6) is 5.75 Å². The van der Waals surface area contributed by atoms with Gasteiger partial charge in [-0.25, -0.2) is 4.98 Å². The van der Waals surface area contributed by atoms with Crippen LogP contribution in [0.2, 0.25) is 0 Å². The van der Waals surface area contributed by atoms with Crippen molar-refractivity contribution in [2.45, 2.75) is 0 Å². The summed E-state index contributed by atoms with van der Waals surface area (Å²) in [5.41, 5.74) is 9.05. The molecule has 5 heteroatoms. The second-order valence-corrected chi connectivity index (χ2v) is 4.15. The van der Waals surface area contributed by atoms with Crippen LogP contribution in [-0.2, 0) is 7.05 Å². The molecule has 1 aromatic carbocycles. The molecule has 0 aliphatic rings. The third-order valence-electron chi connectivity index (χ3n) is 2.95. The topological polar surface area (TPSA) is 77.0 Å². The van der Waals surface area contributed by atoms with Crippen molar-refractivity contribution in [1.82, 2.24) is 14.5 Å². The number of nitrogens with two attached hydrogens (primary N) is 1.